The zero-order valence-electron chi connectivity index (χ0n) is 11.8. The number of fused-ring (bicyclic) bond motifs is 1. The summed E-state index contributed by atoms with van der Waals surface area (Å²) < 4.78 is 20.9. The van der Waals surface area contributed by atoms with Gasteiger partial charge in [-0.15, -0.1) is 0 Å². The second-order valence-electron chi connectivity index (χ2n) is 5.00. The Balaban J connectivity index is 2.03. The van der Waals surface area contributed by atoms with Crippen molar-refractivity contribution in [3.8, 4) is 5.75 Å². The first kappa shape index (κ1) is 13.6. The summed E-state index contributed by atoms with van der Waals surface area (Å²) in [4.78, 5) is 0. The van der Waals surface area contributed by atoms with Crippen molar-refractivity contribution in [2.45, 2.75) is 13.1 Å². The van der Waals surface area contributed by atoms with E-state index in [0.29, 0.717) is 13.1 Å². The molecule has 3 aromatic rings. The Morgan fingerprint density at radius 3 is 2.76 bits per heavy atom. The number of hydrogen-bond donors (Lipinski definition) is 1. The third-order valence-electron chi connectivity index (χ3n) is 3.66. The molecule has 0 unspecified atom stereocenters. The molecule has 0 radical (unpaired) electrons. The monoisotopic (exact) mass is 284 g/mol. The second kappa shape index (κ2) is 5.58. The molecule has 1 heterocycles. The van der Waals surface area contributed by atoms with E-state index in [1.165, 1.54) is 6.07 Å². The molecular weight excluding hydrogens is 267 g/mol. The summed E-state index contributed by atoms with van der Waals surface area (Å²) >= 11 is 0. The van der Waals surface area contributed by atoms with Gasteiger partial charge in [0.05, 0.1) is 19.2 Å². The number of hydrogen-bond acceptors (Lipinski definition) is 2. The number of rotatable bonds is 4. The van der Waals surface area contributed by atoms with Crippen molar-refractivity contribution in [1.82, 2.24) is 4.57 Å². The summed E-state index contributed by atoms with van der Waals surface area (Å²) in [7, 11) is 1.65. The van der Waals surface area contributed by atoms with Crippen LogP contribution in [0.1, 0.15) is 11.1 Å². The fourth-order valence-electron chi connectivity index (χ4n) is 2.56. The zero-order chi connectivity index (χ0) is 14.8. The fourth-order valence-corrected chi connectivity index (χ4v) is 2.56. The molecule has 0 spiro atoms. The van der Waals surface area contributed by atoms with E-state index >= 15 is 0 Å². The summed E-state index contributed by atoms with van der Waals surface area (Å²) in [6.07, 6.45) is 1.96. The van der Waals surface area contributed by atoms with Gasteiger partial charge in [0.25, 0.3) is 0 Å². The molecule has 0 amide bonds. The molecule has 2 N–H and O–H groups in total. The lowest BCUT2D eigenvalue weighted by Gasteiger charge is -2.12. The van der Waals surface area contributed by atoms with Crippen LogP contribution in [0, 0.1) is 5.82 Å². The predicted octanol–water partition coefficient (Wildman–Crippen LogP) is 3.30. The number of methoxy groups -OCH3 is 1. The minimum atomic E-state index is -0.231. The van der Waals surface area contributed by atoms with E-state index in [-0.39, 0.29) is 5.82 Å². The normalized spacial score (nSPS) is 11.0. The standard InChI is InChI=1S/C17H17FN2O/c1-21-17-5-2-12(10-19)8-14(17)11-20-7-6-13-3-4-15(18)9-16(13)20/h2-9H,10-11,19H2,1H3. The Kier molecular flexibility index (Phi) is 3.62. The first-order valence-electron chi connectivity index (χ1n) is 6.81. The van der Waals surface area contributed by atoms with Gasteiger partial charge in [0.15, 0.2) is 0 Å². The van der Waals surface area contributed by atoms with Crippen molar-refractivity contribution in [2.24, 2.45) is 5.73 Å². The first-order valence-corrected chi connectivity index (χ1v) is 6.81. The highest BCUT2D eigenvalue weighted by atomic mass is 19.1. The van der Waals surface area contributed by atoms with Crippen molar-refractivity contribution < 1.29 is 9.13 Å². The number of nitrogens with two attached hydrogens (primary N) is 1. The quantitative estimate of drug-likeness (QED) is 0.798. The highest BCUT2D eigenvalue weighted by molar-refractivity contribution is 5.80. The maximum absolute atomic E-state index is 13.4. The van der Waals surface area contributed by atoms with Crippen LogP contribution >= 0.6 is 0 Å². The molecule has 4 heteroatoms. The molecule has 0 aliphatic rings. The molecule has 0 bridgehead atoms. The van der Waals surface area contributed by atoms with Crippen LogP contribution in [-0.2, 0) is 13.1 Å². The van der Waals surface area contributed by atoms with Gasteiger partial charge in [-0.3, -0.25) is 0 Å². The lowest BCUT2D eigenvalue weighted by atomic mass is 10.1. The number of halogens is 1. The van der Waals surface area contributed by atoms with Gasteiger partial charge in [0.2, 0.25) is 0 Å². The molecule has 0 aliphatic heterocycles. The van der Waals surface area contributed by atoms with Gasteiger partial charge in [0, 0.05) is 18.3 Å². The van der Waals surface area contributed by atoms with Crippen LogP contribution in [0.2, 0.25) is 0 Å². The highest BCUT2D eigenvalue weighted by Crippen LogP contribution is 2.24. The largest absolute Gasteiger partial charge is 0.496 e. The van der Waals surface area contributed by atoms with Gasteiger partial charge < -0.3 is 15.0 Å². The lowest BCUT2D eigenvalue weighted by molar-refractivity contribution is 0.408. The summed E-state index contributed by atoms with van der Waals surface area (Å²) in [6.45, 7) is 1.10. The first-order chi connectivity index (χ1) is 10.2. The van der Waals surface area contributed by atoms with E-state index in [0.717, 1.165) is 27.8 Å². The Bertz CT molecular complexity index is 780. The third kappa shape index (κ3) is 2.62. The molecule has 0 atom stereocenters. The Hall–Kier alpha value is -2.33. The van der Waals surface area contributed by atoms with Gasteiger partial charge in [-0.05, 0) is 47.3 Å². The molecule has 0 saturated heterocycles. The van der Waals surface area contributed by atoms with Crippen LogP contribution in [0.3, 0.4) is 0 Å². The fraction of sp³-hybridized carbons (Fsp3) is 0.176. The Labute approximate surface area is 122 Å². The molecule has 108 valence electrons. The van der Waals surface area contributed by atoms with E-state index in [2.05, 4.69) is 0 Å². The van der Waals surface area contributed by atoms with E-state index in [9.17, 15) is 4.39 Å². The summed E-state index contributed by atoms with van der Waals surface area (Å²) in [5.41, 5.74) is 8.65. The molecule has 2 aromatic carbocycles. The van der Waals surface area contributed by atoms with Crippen LogP contribution < -0.4 is 10.5 Å². The molecule has 21 heavy (non-hydrogen) atoms. The summed E-state index contributed by atoms with van der Waals surface area (Å²) in [5.74, 6) is 0.579. The number of benzene rings is 2. The molecule has 0 saturated carbocycles. The molecule has 0 aliphatic carbocycles. The van der Waals surface area contributed by atoms with E-state index in [1.807, 2.05) is 35.0 Å². The second-order valence-corrected chi connectivity index (χ2v) is 5.00. The van der Waals surface area contributed by atoms with E-state index < -0.39 is 0 Å². The zero-order valence-corrected chi connectivity index (χ0v) is 11.8. The Morgan fingerprint density at radius 2 is 2.00 bits per heavy atom. The van der Waals surface area contributed by atoms with Gasteiger partial charge in [-0.1, -0.05) is 6.07 Å². The average Bonchev–Trinajstić information content (AvgIpc) is 2.89. The molecule has 3 rings (SSSR count). The third-order valence-corrected chi connectivity index (χ3v) is 3.66. The lowest BCUT2D eigenvalue weighted by Crippen LogP contribution is -2.03. The van der Waals surface area contributed by atoms with Crippen LogP contribution in [0.25, 0.3) is 10.9 Å². The molecule has 3 nitrogen and oxygen atoms in total. The van der Waals surface area contributed by atoms with Crippen LogP contribution in [0.15, 0.2) is 48.7 Å². The van der Waals surface area contributed by atoms with Gasteiger partial charge in [-0.25, -0.2) is 4.39 Å². The maximum atomic E-state index is 13.4. The Morgan fingerprint density at radius 1 is 1.14 bits per heavy atom. The topological polar surface area (TPSA) is 40.2 Å². The summed E-state index contributed by atoms with van der Waals surface area (Å²) in [5, 5.41) is 1.02. The highest BCUT2D eigenvalue weighted by Gasteiger charge is 2.08. The van der Waals surface area contributed by atoms with Gasteiger partial charge >= 0.3 is 0 Å². The van der Waals surface area contributed by atoms with Crippen molar-refractivity contribution in [1.29, 1.82) is 0 Å². The number of nitrogens with zero attached hydrogens (tertiary/aromatic N) is 1. The smallest absolute Gasteiger partial charge is 0.125 e. The van der Waals surface area contributed by atoms with Crippen LogP contribution in [0.4, 0.5) is 4.39 Å². The predicted molar refractivity (Wildman–Crippen MR) is 81.9 cm³/mol. The van der Waals surface area contributed by atoms with Crippen molar-refractivity contribution >= 4 is 10.9 Å². The molecule has 0 fully saturated rings. The van der Waals surface area contributed by atoms with E-state index in [1.54, 1.807) is 19.2 Å². The van der Waals surface area contributed by atoms with Crippen molar-refractivity contribution in [3.63, 3.8) is 0 Å². The summed E-state index contributed by atoms with van der Waals surface area (Å²) in [6, 6.07) is 12.7. The number of ether oxygens (including phenoxy) is 1. The molecular formula is C17H17FN2O. The van der Waals surface area contributed by atoms with Crippen molar-refractivity contribution in [3.05, 3.63) is 65.6 Å². The maximum Gasteiger partial charge on any atom is 0.125 e. The van der Waals surface area contributed by atoms with E-state index in [4.69, 9.17) is 10.5 Å². The minimum absolute atomic E-state index is 0.231. The van der Waals surface area contributed by atoms with Gasteiger partial charge in [-0.2, -0.15) is 0 Å². The van der Waals surface area contributed by atoms with Crippen LogP contribution in [-0.4, -0.2) is 11.7 Å². The van der Waals surface area contributed by atoms with Gasteiger partial charge in [0.1, 0.15) is 11.6 Å². The minimum Gasteiger partial charge on any atom is -0.496 e. The average molecular weight is 284 g/mol. The SMILES string of the molecule is COc1ccc(CN)cc1Cn1ccc2ccc(F)cc21. The number of aromatic nitrogens is 1. The van der Waals surface area contributed by atoms with Crippen LogP contribution in [0.5, 0.6) is 5.75 Å². The molecule has 1 aromatic heterocycles. The van der Waals surface area contributed by atoms with Crippen molar-refractivity contribution in [2.75, 3.05) is 7.11 Å².